The molecule has 0 aromatic heterocycles. The van der Waals surface area contributed by atoms with Crippen LogP contribution < -0.4 is 15.0 Å². The zero-order valence-electron chi connectivity index (χ0n) is 20.5. The largest absolute Gasteiger partial charge is 0.497 e. The van der Waals surface area contributed by atoms with Crippen LogP contribution in [0.5, 0.6) is 5.75 Å². The van der Waals surface area contributed by atoms with Gasteiger partial charge >= 0.3 is 5.97 Å². The molecule has 0 aliphatic carbocycles. The van der Waals surface area contributed by atoms with Crippen LogP contribution in [0.4, 0.5) is 11.4 Å². The maximum absolute atomic E-state index is 13.6. The molecule has 4 rings (SSSR count). The van der Waals surface area contributed by atoms with Gasteiger partial charge in [0.1, 0.15) is 11.8 Å². The van der Waals surface area contributed by atoms with Gasteiger partial charge in [-0.25, -0.2) is 4.79 Å². The molecule has 1 aliphatic heterocycles. The van der Waals surface area contributed by atoms with Crippen molar-refractivity contribution in [2.45, 2.75) is 18.9 Å². The number of thiocarbonyl (C=S) groups is 1. The van der Waals surface area contributed by atoms with Gasteiger partial charge in [-0.1, -0.05) is 30.3 Å². The number of esters is 1. The Kier molecular flexibility index (Phi) is 8.15. The van der Waals surface area contributed by atoms with Crippen LogP contribution in [0.2, 0.25) is 0 Å². The molecule has 0 bridgehead atoms. The third-order valence-corrected chi connectivity index (χ3v) is 6.52. The number of methoxy groups -OCH3 is 2. The molecule has 2 amide bonds. The van der Waals surface area contributed by atoms with E-state index < -0.39 is 12.0 Å². The molecule has 9 heteroatoms. The smallest absolute Gasteiger partial charge is 0.337 e. The first-order chi connectivity index (χ1) is 17.9. The molecule has 190 valence electrons. The number of amides is 2. The predicted octanol–water partition coefficient (Wildman–Crippen LogP) is 4.06. The molecule has 1 heterocycles. The predicted molar refractivity (Wildman–Crippen MR) is 145 cm³/mol. The Morgan fingerprint density at radius 3 is 2.24 bits per heavy atom. The summed E-state index contributed by atoms with van der Waals surface area (Å²) >= 11 is 5.73. The van der Waals surface area contributed by atoms with Gasteiger partial charge in [-0.05, 0) is 72.7 Å². The lowest BCUT2D eigenvalue weighted by molar-refractivity contribution is -0.124. The lowest BCUT2D eigenvalue weighted by Gasteiger charge is -2.24. The fourth-order valence-electron chi connectivity index (χ4n) is 4.15. The number of hydrogen-bond acceptors (Lipinski definition) is 6. The molecule has 8 nitrogen and oxygen atoms in total. The lowest BCUT2D eigenvalue weighted by Crippen LogP contribution is -2.39. The van der Waals surface area contributed by atoms with Gasteiger partial charge in [0.25, 0.3) is 5.91 Å². The normalized spacial score (nSPS) is 15.0. The van der Waals surface area contributed by atoms with Crippen LogP contribution in [0.25, 0.3) is 0 Å². The standard InChI is InChI=1S/C28H27N3O5S/c1-35-23-14-12-22(13-15-23)31-26(33)24(30(28(31)37)17-16-19-6-4-3-5-7-19)18-25(32)29-21-10-8-20(9-11-21)27(34)36-2/h3-15,24H,16-18H2,1-2H3,(H,29,32). The molecule has 3 aromatic carbocycles. The van der Waals surface area contributed by atoms with Crippen LogP contribution in [0.15, 0.2) is 78.9 Å². The molecule has 1 saturated heterocycles. The fourth-order valence-corrected chi connectivity index (χ4v) is 4.56. The summed E-state index contributed by atoms with van der Waals surface area (Å²) < 4.78 is 9.93. The molecule has 1 N–H and O–H groups in total. The summed E-state index contributed by atoms with van der Waals surface area (Å²) in [4.78, 5) is 41.5. The van der Waals surface area contributed by atoms with Gasteiger partial charge in [0.2, 0.25) is 5.91 Å². The Labute approximate surface area is 220 Å². The summed E-state index contributed by atoms with van der Waals surface area (Å²) in [6, 6.07) is 22.6. The van der Waals surface area contributed by atoms with Gasteiger partial charge in [0, 0.05) is 12.2 Å². The number of nitrogens with zero attached hydrogens (tertiary/aromatic N) is 2. The van der Waals surface area contributed by atoms with E-state index in [9.17, 15) is 14.4 Å². The van der Waals surface area contributed by atoms with Crippen molar-refractivity contribution in [3.8, 4) is 5.75 Å². The van der Waals surface area contributed by atoms with Gasteiger partial charge in [0.15, 0.2) is 5.11 Å². The number of ether oxygens (including phenoxy) is 2. The van der Waals surface area contributed by atoms with Gasteiger partial charge in [0.05, 0.1) is 31.9 Å². The first kappa shape index (κ1) is 25.8. The highest BCUT2D eigenvalue weighted by atomic mass is 32.1. The van der Waals surface area contributed by atoms with Crippen molar-refractivity contribution in [3.63, 3.8) is 0 Å². The summed E-state index contributed by atoms with van der Waals surface area (Å²) in [6.45, 7) is 0.479. The van der Waals surface area contributed by atoms with Crippen molar-refractivity contribution < 1.29 is 23.9 Å². The number of nitrogens with one attached hydrogen (secondary N) is 1. The summed E-state index contributed by atoms with van der Waals surface area (Å²) in [7, 11) is 2.88. The lowest BCUT2D eigenvalue weighted by atomic mass is 10.1. The average molecular weight is 518 g/mol. The molecule has 37 heavy (non-hydrogen) atoms. The van der Waals surface area contributed by atoms with E-state index in [1.165, 1.54) is 12.0 Å². The third kappa shape index (κ3) is 5.95. The number of carbonyl (C=O) groups is 3. The minimum atomic E-state index is -0.757. The zero-order chi connectivity index (χ0) is 26.4. The van der Waals surface area contributed by atoms with Gasteiger partial charge in [-0.2, -0.15) is 0 Å². The van der Waals surface area contributed by atoms with E-state index in [1.54, 1.807) is 55.6 Å². The minimum absolute atomic E-state index is 0.0842. The van der Waals surface area contributed by atoms with E-state index in [2.05, 4.69) is 5.32 Å². The number of benzene rings is 3. The monoisotopic (exact) mass is 517 g/mol. The third-order valence-electron chi connectivity index (χ3n) is 6.10. The molecule has 0 saturated carbocycles. The number of rotatable bonds is 9. The second-order valence-corrected chi connectivity index (χ2v) is 8.79. The summed E-state index contributed by atoms with van der Waals surface area (Å²) in [6.07, 6.45) is 0.580. The van der Waals surface area contributed by atoms with Crippen molar-refractivity contribution >= 4 is 46.5 Å². The summed E-state index contributed by atoms with van der Waals surface area (Å²) in [5.74, 6) is -0.403. The molecule has 1 unspecified atom stereocenters. The van der Waals surface area contributed by atoms with E-state index in [1.807, 2.05) is 35.2 Å². The van der Waals surface area contributed by atoms with E-state index in [-0.39, 0.29) is 18.2 Å². The molecule has 1 atom stereocenters. The van der Waals surface area contributed by atoms with Crippen LogP contribution in [-0.4, -0.2) is 54.6 Å². The Hall–Kier alpha value is -4.24. The average Bonchev–Trinajstić information content (AvgIpc) is 3.16. The van der Waals surface area contributed by atoms with Crippen LogP contribution >= 0.6 is 12.2 Å². The molecule has 0 radical (unpaired) electrons. The molecule has 0 spiro atoms. The first-order valence-corrected chi connectivity index (χ1v) is 12.1. The topological polar surface area (TPSA) is 88.2 Å². The number of anilines is 2. The van der Waals surface area contributed by atoms with Crippen LogP contribution in [-0.2, 0) is 20.7 Å². The SMILES string of the molecule is COC(=O)c1ccc(NC(=O)CC2C(=O)N(c3ccc(OC)cc3)C(=S)N2CCc2ccccc2)cc1. The zero-order valence-corrected chi connectivity index (χ0v) is 21.4. The van der Waals surface area contributed by atoms with Gasteiger partial charge < -0.3 is 19.7 Å². The highest BCUT2D eigenvalue weighted by Gasteiger charge is 2.43. The van der Waals surface area contributed by atoms with Crippen LogP contribution in [0.1, 0.15) is 22.3 Å². The Morgan fingerprint density at radius 1 is 0.946 bits per heavy atom. The second-order valence-electron chi connectivity index (χ2n) is 8.42. The quantitative estimate of drug-likeness (QED) is 0.338. The van der Waals surface area contributed by atoms with Crippen molar-refractivity contribution in [1.29, 1.82) is 0 Å². The van der Waals surface area contributed by atoms with Gasteiger partial charge in [-0.15, -0.1) is 0 Å². The van der Waals surface area contributed by atoms with E-state index in [4.69, 9.17) is 21.7 Å². The van der Waals surface area contributed by atoms with Crippen molar-refractivity contribution in [1.82, 2.24) is 4.90 Å². The van der Waals surface area contributed by atoms with Crippen molar-refractivity contribution in [3.05, 3.63) is 90.0 Å². The Balaban J connectivity index is 1.52. The highest BCUT2D eigenvalue weighted by Crippen LogP contribution is 2.29. The summed E-state index contributed by atoms with van der Waals surface area (Å²) in [5.41, 5.74) is 2.60. The van der Waals surface area contributed by atoms with E-state index in [0.29, 0.717) is 40.8 Å². The van der Waals surface area contributed by atoms with Gasteiger partial charge in [-0.3, -0.25) is 14.5 Å². The molecular weight excluding hydrogens is 490 g/mol. The number of carbonyl (C=O) groups excluding carboxylic acids is 3. The minimum Gasteiger partial charge on any atom is -0.497 e. The molecular formula is C28H27N3O5S. The maximum atomic E-state index is 13.6. The molecule has 3 aromatic rings. The Bertz CT molecular complexity index is 1280. The molecule has 1 fully saturated rings. The van der Waals surface area contributed by atoms with Crippen molar-refractivity contribution in [2.75, 3.05) is 31.0 Å². The van der Waals surface area contributed by atoms with E-state index >= 15 is 0 Å². The fraction of sp³-hybridized carbons (Fsp3) is 0.214. The van der Waals surface area contributed by atoms with Crippen molar-refractivity contribution in [2.24, 2.45) is 0 Å². The van der Waals surface area contributed by atoms with Crippen LogP contribution in [0, 0.1) is 0 Å². The first-order valence-electron chi connectivity index (χ1n) is 11.7. The van der Waals surface area contributed by atoms with Crippen LogP contribution in [0.3, 0.4) is 0 Å². The molecule has 1 aliphatic rings. The summed E-state index contributed by atoms with van der Waals surface area (Å²) in [5, 5.41) is 3.16. The maximum Gasteiger partial charge on any atom is 0.337 e. The van der Waals surface area contributed by atoms with E-state index in [0.717, 1.165) is 5.56 Å². The Morgan fingerprint density at radius 2 is 1.62 bits per heavy atom. The second kappa shape index (κ2) is 11.7. The highest BCUT2D eigenvalue weighted by molar-refractivity contribution is 7.80. The number of hydrogen-bond donors (Lipinski definition) is 1.